The van der Waals surface area contributed by atoms with Gasteiger partial charge in [-0.05, 0) is 0 Å². The summed E-state index contributed by atoms with van der Waals surface area (Å²) >= 11 is 0. The Kier molecular flexibility index (Phi) is 3.65. The summed E-state index contributed by atoms with van der Waals surface area (Å²) < 4.78 is 11.8. The number of benzene rings is 2. The molecule has 0 bridgehead atoms. The van der Waals surface area contributed by atoms with E-state index >= 15 is 0 Å². The second-order valence-electron chi connectivity index (χ2n) is 4.23. The van der Waals surface area contributed by atoms with E-state index in [2.05, 4.69) is 0 Å². The van der Waals surface area contributed by atoms with Crippen molar-refractivity contribution >= 4 is 7.72 Å². The van der Waals surface area contributed by atoms with E-state index in [0.717, 1.165) is 11.5 Å². The van der Waals surface area contributed by atoms with E-state index in [9.17, 15) is 0 Å². The zero-order chi connectivity index (χ0) is 12.1. The summed E-state index contributed by atoms with van der Waals surface area (Å²) in [7, 11) is -2.18. The van der Waals surface area contributed by atoms with Crippen molar-refractivity contribution in [3.05, 3.63) is 60.7 Å². The summed E-state index contributed by atoms with van der Waals surface area (Å²) in [6, 6.07) is 19.6. The van der Waals surface area contributed by atoms with Gasteiger partial charge in [-0.1, -0.05) is 0 Å². The topological polar surface area (TPSA) is 18.5 Å². The molecule has 0 atom stereocenters. The third-order valence-electron chi connectivity index (χ3n) is 2.21. The van der Waals surface area contributed by atoms with Crippen LogP contribution < -0.4 is 9.05 Å². The van der Waals surface area contributed by atoms with Gasteiger partial charge in [-0.3, -0.25) is 0 Å². The fourth-order valence-corrected chi connectivity index (χ4v) is 3.01. The predicted octanol–water partition coefficient (Wildman–Crippen LogP) is 3.98. The fraction of sp³-hybridized carbons (Fsp3) is 0.143. The van der Waals surface area contributed by atoms with Gasteiger partial charge in [0.15, 0.2) is 0 Å². The number of hydrogen-bond donors (Lipinski definition) is 0. The molecule has 0 saturated heterocycles. The quantitative estimate of drug-likeness (QED) is 0.762. The van der Waals surface area contributed by atoms with Gasteiger partial charge in [-0.2, -0.15) is 0 Å². The first-order valence-electron chi connectivity index (χ1n) is 5.64. The molecule has 17 heavy (non-hydrogen) atoms. The van der Waals surface area contributed by atoms with Crippen LogP contribution in [-0.4, -0.2) is 13.3 Å². The van der Waals surface area contributed by atoms with E-state index in [-0.39, 0.29) is 0 Å². The summed E-state index contributed by atoms with van der Waals surface area (Å²) in [6.45, 7) is 4.07. The minimum atomic E-state index is -2.18. The van der Waals surface area contributed by atoms with Crippen LogP contribution in [0.5, 0.6) is 11.5 Å². The maximum absolute atomic E-state index is 5.92. The third-order valence-corrected chi connectivity index (χ3v) is 3.67. The molecule has 0 saturated carbocycles. The molecule has 0 fully saturated rings. The molecule has 0 aliphatic heterocycles. The minimum absolute atomic E-state index is 0.861. The first-order valence-corrected chi connectivity index (χ1v) is 8.45. The van der Waals surface area contributed by atoms with Crippen molar-refractivity contribution in [3.63, 3.8) is 0 Å². The Bertz CT molecular complexity index is 411. The molecule has 0 aliphatic carbocycles. The second-order valence-corrected chi connectivity index (χ2v) is 7.44. The Morgan fingerprint density at radius 2 is 1.00 bits per heavy atom. The van der Waals surface area contributed by atoms with Gasteiger partial charge < -0.3 is 0 Å². The normalized spacial score (nSPS) is 11.9. The number of hydrogen-bond acceptors (Lipinski definition) is 2. The molecular weight excluding hydrogens is 231 g/mol. The average Bonchev–Trinajstić information content (AvgIpc) is 2.30. The van der Waals surface area contributed by atoms with Gasteiger partial charge in [-0.25, -0.2) is 0 Å². The Balaban J connectivity index is 2.04. The van der Waals surface area contributed by atoms with Crippen LogP contribution in [-0.2, 0) is 0 Å². The predicted molar refractivity (Wildman–Crippen MR) is 74.3 cm³/mol. The molecule has 90 valence electrons. The molecular formula is C14H17O2P. The summed E-state index contributed by atoms with van der Waals surface area (Å²) in [5.74, 6) is 1.72. The van der Waals surface area contributed by atoms with Gasteiger partial charge in [0.25, 0.3) is 0 Å². The molecule has 0 aliphatic rings. The second kappa shape index (κ2) is 5.20. The van der Waals surface area contributed by atoms with E-state index in [1.54, 1.807) is 0 Å². The SMILES string of the molecule is C[PH](C)(Oc1ccccc1)Oc1ccccc1. The van der Waals surface area contributed by atoms with Crippen LogP contribution in [0, 0.1) is 0 Å². The molecule has 0 aromatic heterocycles. The van der Waals surface area contributed by atoms with Gasteiger partial charge in [0.1, 0.15) is 0 Å². The fourth-order valence-electron chi connectivity index (χ4n) is 1.57. The summed E-state index contributed by atoms with van der Waals surface area (Å²) in [5.41, 5.74) is 0. The van der Waals surface area contributed by atoms with Crippen LogP contribution >= 0.6 is 7.72 Å². The molecule has 2 rings (SSSR count). The molecule has 0 N–H and O–H groups in total. The van der Waals surface area contributed by atoms with Crippen LogP contribution in [0.3, 0.4) is 0 Å². The summed E-state index contributed by atoms with van der Waals surface area (Å²) in [5, 5.41) is 0. The Morgan fingerprint density at radius 3 is 1.35 bits per heavy atom. The van der Waals surface area contributed by atoms with Crippen LogP contribution in [0.25, 0.3) is 0 Å². The maximum atomic E-state index is 5.92. The van der Waals surface area contributed by atoms with Gasteiger partial charge >= 0.3 is 102 Å². The van der Waals surface area contributed by atoms with Gasteiger partial charge in [0.2, 0.25) is 0 Å². The first-order chi connectivity index (χ1) is 8.16. The van der Waals surface area contributed by atoms with E-state index in [4.69, 9.17) is 9.05 Å². The van der Waals surface area contributed by atoms with E-state index < -0.39 is 7.72 Å². The molecule has 0 amide bonds. The van der Waals surface area contributed by atoms with Crippen LogP contribution in [0.15, 0.2) is 60.7 Å². The molecule has 2 nitrogen and oxygen atoms in total. The molecule has 2 aromatic carbocycles. The monoisotopic (exact) mass is 248 g/mol. The van der Waals surface area contributed by atoms with Crippen LogP contribution in [0.1, 0.15) is 0 Å². The van der Waals surface area contributed by atoms with Crippen molar-refractivity contribution in [2.24, 2.45) is 0 Å². The van der Waals surface area contributed by atoms with Crippen molar-refractivity contribution in [1.29, 1.82) is 0 Å². The Hall–Kier alpha value is -1.53. The number of rotatable bonds is 4. The molecule has 0 heterocycles. The van der Waals surface area contributed by atoms with Gasteiger partial charge in [-0.15, -0.1) is 0 Å². The summed E-state index contributed by atoms with van der Waals surface area (Å²) in [4.78, 5) is 0. The van der Waals surface area contributed by atoms with Crippen molar-refractivity contribution in [2.45, 2.75) is 0 Å². The van der Waals surface area contributed by atoms with Crippen molar-refractivity contribution < 1.29 is 9.05 Å². The zero-order valence-electron chi connectivity index (χ0n) is 10.1. The molecule has 2 aromatic rings. The molecule has 0 unspecified atom stereocenters. The molecule has 3 heteroatoms. The van der Waals surface area contributed by atoms with Crippen molar-refractivity contribution in [2.75, 3.05) is 13.3 Å². The Labute approximate surface area is 103 Å². The van der Waals surface area contributed by atoms with E-state index in [0.29, 0.717) is 0 Å². The van der Waals surface area contributed by atoms with Gasteiger partial charge in [0.05, 0.1) is 0 Å². The first kappa shape index (κ1) is 11.9. The van der Waals surface area contributed by atoms with Crippen LogP contribution in [0.2, 0.25) is 0 Å². The zero-order valence-corrected chi connectivity index (χ0v) is 11.1. The third kappa shape index (κ3) is 3.76. The average molecular weight is 248 g/mol. The Morgan fingerprint density at radius 1 is 0.647 bits per heavy atom. The van der Waals surface area contributed by atoms with E-state index in [1.165, 1.54) is 0 Å². The van der Waals surface area contributed by atoms with Gasteiger partial charge in [0, 0.05) is 0 Å². The number of para-hydroxylation sites is 2. The molecule has 0 spiro atoms. The van der Waals surface area contributed by atoms with Crippen molar-refractivity contribution in [3.8, 4) is 11.5 Å². The van der Waals surface area contributed by atoms with Crippen LogP contribution in [0.4, 0.5) is 0 Å². The summed E-state index contributed by atoms with van der Waals surface area (Å²) in [6.07, 6.45) is 0. The standard InChI is InChI=1S/C14H17O2P/c1-17(2,15-13-9-5-3-6-10-13)16-14-11-7-4-8-12-14/h3-12,17H,1-2H3. The van der Waals surface area contributed by atoms with Crippen molar-refractivity contribution in [1.82, 2.24) is 0 Å². The van der Waals surface area contributed by atoms with E-state index in [1.807, 2.05) is 74.0 Å². The molecule has 0 radical (unpaired) electrons.